The molecule has 0 aliphatic rings. The molecule has 112 valence electrons. The van der Waals surface area contributed by atoms with Crippen LogP contribution in [-0.4, -0.2) is 29.2 Å². The lowest BCUT2D eigenvalue weighted by atomic mass is 10.1. The molecule has 0 saturated heterocycles. The third-order valence-electron chi connectivity index (χ3n) is 3.37. The Morgan fingerprint density at radius 2 is 1.68 bits per heavy atom. The van der Waals surface area contributed by atoms with E-state index in [1.54, 1.807) is 18.9 Å². The first-order valence-electron chi connectivity index (χ1n) is 6.73. The van der Waals surface area contributed by atoms with E-state index in [9.17, 15) is 0 Å². The van der Waals surface area contributed by atoms with E-state index in [1.807, 2.05) is 48.5 Å². The van der Waals surface area contributed by atoms with Crippen LogP contribution in [0.1, 0.15) is 0 Å². The van der Waals surface area contributed by atoms with Crippen molar-refractivity contribution in [2.45, 2.75) is 0 Å². The van der Waals surface area contributed by atoms with Gasteiger partial charge in [-0.3, -0.25) is 0 Å². The van der Waals surface area contributed by atoms with E-state index in [2.05, 4.69) is 10.3 Å². The van der Waals surface area contributed by atoms with Crippen LogP contribution in [0.3, 0.4) is 0 Å². The van der Waals surface area contributed by atoms with Crippen LogP contribution in [-0.2, 0) is 0 Å². The summed E-state index contributed by atoms with van der Waals surface area (Å²) in [5.41, 5.74) is 8.49. The number of ether oxygens (including phenoxy) is 2. The van der Waals surface area contributed by atoms with Gasteiger partial charge in [0.2, 0.25) is 0 Å². The molecule has 2 aromatic carbocycles. The molecule has 0 saturated carbocycles. The molecule has 0 spiro atoms. The summed E-state index contributed by atoms with van der Waals surface area (Å²) in [6, 6.07) is 15.0. The van der Waals surface area contributed by atoms with Gasteiger partial charge >= 0.3 is 0 Å². The molecule has 0 amide bonds. The molecule has 0 aliphatic carbocycles. The quantitative estimate of drug-likeness (QED) is 0.800. The first-order valence-corrected chi connectivity index (χ1v) is 6.73. The van der Waals surface area contributed by atoms with Gasteiger partial charge in [-0.15, -0.1) is 5.10 Å². The highest BCUT2D eigenvalue weighted by molar-refractivity contribution is 5.72. The summed E-state index contributed by atoms with van der Waals surface area (Å²) in [6.45, 7) is 0. The number of nitrogens with zero attached hydrogens (tertiary/aromatic N) is 3. The third-order valence-corrected chi connectivity index (χ3v) is 3.37. The van der Waals surface area contributed by atoms with Crippen molar-refractivity contribution in [3.63, 3.8) is 0 Å². The van der Waals surface area contributed by atoms with Crippen LogP contribution < -0.4 is 15.2 Å². The SMILES string of the molecule is COc1ccc(-n2nnc(-c3cccc(OC)c3)c2N)cc1. The molecule has 0 aliphatic heterocycles. The monoisotopic (exact) mass is 296 g/mol. The van der Waals surface area contributed by atoms with Gasteiger partial charge in [0, 0.05) is 5.56 Å². The smallest absolute Gasteiger partial charge is 0.155 e. The van der Waals surface area contributed by atoms with Crippen LogP contribution in [0.4, 0.5) is 5.82 Å². The van der Waals surface area contributed by atoms with E-state index in [1.165, 1.54) is 0 Å². The second kappa shape index (κ2) is 5.77. The fraction of sp³-hybridized carbons (Fsp3) is 0.125. The Morgan fingerprint density at radius 1 is 0.955 bits per heavy atom. The molecule has 1 aromatic heterocycles. The Balaban J connectivity index is 2.00. The summed E-state index contributed by atoms with van der Waals surface area (Å²) in [5, 5.41) is 8.31. The number of nitrogens with two attached hydrogens (primary N) is 1. The molecular formula is C16H16N4O2. The number of hydrogen-bond donors (Lipinski definition) is 1. The predicted octanol–water partition coefficient (Wildman–Crippen LogP) is 2.53. The molecule has 0 unspecified atom stereocenters. The second-order valence-electron chi connectivity index (χ2n) is 4.67. The molecular weight excluding hydrogens is 280 g/mol. The number of methoxy groups -OCH3 is 2. The topological polar surface area (TPSA) is 75.2 Å². The Labute approximate surface area is 128 Å². The fourth-order valence-corrected chi connectivity index (χ4v) is 2.18. The zero-order valence-corrected chi connectivity index (χ0v) is 12.4. The van der Waals surface area contributed by atoms with E-state index in [-0.39, 0.29) is 0 Å². The van der Waals surface area contributed by atoms with Crippen LogP contribution in [0.25, 0.3) is 16.9 Å². The zero-order chi connectivity index (χ0) is 15.5. The fourth-order valence-electron chi connectivity index (χ4n) is 2.18. The van der Waals surface area contributed by atoms with Crippen molar-refractivity contribution in [1.82, 2.24) is 15.0 Å². The molecule has 6 heteroatoms. The minimum Gasteiger partial charge on any atom is -0.497 e. The van der Waals surface area contributed by atoms with E-state index >= 15 is 0 Å². The van der Waals surface area contributed by atoms with Crippen LogP contribution >= 0.6 is 0 Å². The normalized spacial score (nSPS) is 10.5. The molecule has 2 N–H and O–H groups in total. The van der Waals surface area contributed by atoms with Gasteiger partial charge in [-0.2, -0.15) is 4.68 Å². The van der Waals surface area contributed by atoms with Gasteiger partial charge in [-0.25, -0.2) is 0 Å². The molecule has 6 nitrogen and oxygen atoms in total. The summed E-state index contributed by atoms with van der Waals surface area (Å²) in [6.07, 6.45) is 0. The van der Waals surface area contributed by atoms with Crippen molar-refractivity contribution in [3.8, 4) is 28.4 Å². The maximum atomic E-state index is 6.20. The average Bonchev–Trinajstić information content (AvgIpc) is 2.96. The first kappa shape index (κ1) is 13.9. The first-order chi connectivity index (χ1) is 10.7. The highest BCUT2D eigenvalue weighted by Crippen LogP contribution is 2.28. The zero-order valence-electron chi connectivity index (χ0n) is 12.4. The van der Waals surface area contributed by atoms with Crippen molar-refractivity contribution in [2.75, 3.05) is 20.0 Å². The maximum absolute atomic E-state index is 6.20. The summed E-state index contributed by atoms with van der Waals surface area (Å²) < 4.78 is 12.0. The van der Waals surface area contributed by atoms with Gasteiger partial charge < -0.3 is 15.2 Å². The number of rotatable bonds is 4. The molecule has 22 heavy (non-hydrogen) atoms. The number of benzene rings is 2. The molecule has 0 fully saturated rings. The van der Waals surface area contributed by atoms with Gasteiger partial charge in [0.25, 0.3) is 0 Å². The van der Waals surface area contributed by atoms with Crippen LogP contribution in [0.15, 0.2) is 48.5 Å². The predicted molar refractivity (Wildman–Crippen MR) is 84.3 cm³/mol. The lowest BCUT2D eigenvalue weighted by Crippen LogP contribution is -2.02. The van der Waals surface area contributed by atoms with Crippen LogP contribution in [0, 0.1) is 0 Å². The van der Waals surface area contributed by atoms with Crippen molar-refractivity contribution in [3.05, 3.63) is 48.5 Å². The maximum Gasteiger partial charge on any atom is 0.155 e. The Kier molecular flexibility index (Phi) is 3.65. The van der Waals surface area contributed by atoms with Gasteiger partial charge in [-0.05, 0) is 36.4 Å². The molecule has 3 rings (SSSR count). The van der Waals surface area contributed by atoms with Crippen LogP contribution in [0.5, 0.6) is 11.5 Å². The number of anilines is 1. The molecule has 0 bridgehead atoms. The van der Waals surface area contributed by atoms with Crippen LogP contribution in [0.2, 0.25) is 0 Å². The van der Waals surface area contributed by atoms with Gasteiger partial charge in [0.15, 0.2) is 5.82 Å². The van der Waals surface area contributed by atoms with Gasteiger partial charge in [0.1, 0.15) is 17.2 Å². The lowest BCUT2D eigenvalue weighted by molar-refractivity contribution is 0.414. The minimum absolute atomic E-state index is 0.471. The average molecular weight is 296 g/mol. The second-order valence-corrected chi connectivity index (χ2v) is 4.67. The Hall–Kier alpha value is -3.02. The Bertz CT molecular complexity index is 781. The van der Waals surface area contributed by atoms with Crippen molar-refractivity contribution in [2.24, 2.45) is 0 Å². The Morgan fingerprint density at radius 3 is 2.36 bits per heavy atom. The van der Waals surface area contributed by atoms with Crippen molar-refractivity contribution in [1.29, 1.82) is 0 Å². The summed E-state index contributed by atoms with van der Waals surface area (Å²) in [7, 11) is 3.25. The lowest BCUT2D eigenvalue weighted by Gasteiger charge is -2.05. The van der Waals surface area contributed by atoms with E-state index in [4.69, 9.17) is 15.2 Å². The van der Waals surface area contributed by atoms with Crippen molar-refractivity contribution >= 4 is 5.82 Å². The highest BCUT2D eigenvalue weighted by atomic mass is 16.5. The van der Waals surface area contributed by atoms with Crippen molar-refractivity contribution < 1.29 is 9.47 Å². The summed E-state index contributed by atoms with van der Waals surface area (Å²) in [5.74, 6) is 1.99. The van der Waals surface area contributed by atoms with E-state index < -0.39 is 0 Å². The van der Waals surface area contributed by atoms with Gasteiger partial charge in [-0.1, -0.05) is 17.3 Å². The largest absolute Gasteiger partial charge is 0.497 e. The summed E-state index contributed by atoms with van der Waals surface area (Å²) in [4.78, 5) is 0. The number of hydrogen-bond acceptors (Lipinski definition) is 5. The minimum atomic E-state index is 0.471. The molecule has 0 atom stereocenters. The molecule has 1 heterocycles. The third kappa shape index (κ3) is 2.46. The van der Waals surface area contributed by atoms with E-state index in [0.29, 0.717) is 11.5 Å². The molecule has 3 aromatic rings. The molecule has 0 radical (unpaired) electrons. The highest BCUT2D eigenvalue weighted by Gasteiger charge is 2.13. The van der Waals surface area contributed by atoms with E-state index in [0.717, 1.165) is 22.7 Å². The number of nitrogen functional groups attached to an aromatic ring is 1. The summed E-state index contributed by atoms with van der Waals surface area (Å²) >= 11 is 0. The van der Waals surface area contributed by atoms with Gasteiger partial charge in [0.05, 0.1) is 19.9 Å². The number of aromatic nitrogens is 3. The standard InChI is InChI=1S/C16H16N4O2/c1-21-13-8-6-12(7-9-13)20-16(17)15(18-19-20)11-4-3-5-14(10-11)22-2/h3-10H,17H2,1-2H3.